The molecule has 0 radical (unpaired) electrons. The molecule has 3 nitrogen and oxygen atoms in total. The second-order valence-corrected chi connectivity index (χ2v) is 2.58. The smallest absolute Gasteiger partial charge is 0.180 e. The molecule has 2 aliphatic rings. The molecule has 1 unspecified atom stereocenters. The number of hydrogen-bond donors (Lipinski definition) is 1. The third kappa shape index (κ3) is 1.19. The summed E-state index contributed by atoms with van der Waals surface area (Å²) in [5, 5.41) is 3.12. The van der Waals surface area contributed by atoms with Gasteiger partial charge in [-0.15, -0.1) is 0 Å². The van der Waals surface area contributed by atoms with E-state index in [1.54, 1.807) is 18.2 Å². The minimum Gasteiger partial charge on any atom is -0.384 e. The Morgan fingerprint density at radius 2 is 2.55 bits per heavy atom. The molecular formula is C8H9NO2. The van der Waals surface area contributed by atoms with Gasteiger partial charge in [0.2, 0.25) is 0 Å². The van der Waals surface area contributed by atoms with Gasteiger partial charge in [0.25, 0.3) is 0 Å². The number of nitrogens with one attached hydrogen (secondary N) is 1. The number of hydrogen-bond acceptors (Lipinski definition) is 3. The predicted molar refractivity (Wildman–Crippen MR) is 40.0 cm³/mol. The van der Waals surface area contributed by atoms with Crippen molar-refractivity contribution >= 4 is 5.78 Å². The minimum absolute atomic E-state index is 0.0125. The van der Waals surface area contributed by atoms with Gasteiger partial charge in [-0.2, -0.15) is 0 Å². The van der Waals surface area contributed by atoms with Crippen LogP contribution in [0.4, 0.5) is 0 Å². The lowest BCUT2D eigenvalue weighted by Gasteiger charge is -2.26. The predicted octanol–water partition coefficient (Wildman–Crippen LogP) is -0.00240. The molecule has 0 saturated carbocycles. The van der Waals surface area contributed by atoms with E-state index in [1.165, 1.54) is 0 Å². The van der Waals surface area contributed by atoms with Crippen molar-refractivity contribution < 1.29 is 9.53 Å². The highest BCUT2D eigenvalue weighted by Gasteiger charge is 2.19. The number of fused-ring (bicyclic) bond motifs is 1. The molecule has 1 atom stereocenters. The Hall–Kier alpha value is -1.09. The Labute approximate surface area is 64.7 Å². The highest BCUT2D eigenvalue weighted by atomic mass is 16.5. The fourth-order valence-electron chi connectivity index (χ4n) is 1.25. The van der Waals surface area contributed by atoms with Crippen molar-refractivity contribution in [3.8, 4) is 0 Å². The number of carbonyl (C=O) groups excluding carboxylic acids is 1. The highest BCUT2D eigenvalue weighted by Crippen LogP contribution is 2.13. The maximum absolute atomic E-state index is 10.9. The van der Waals surface area contributed by atoms with Crippen molar-refractivity contribution in [1.82, 2.24) is 5.32 Å². The zero-order chi connectivity index (χ0) is 7.68. The molecule has 0 aromatic carbocycles. The van der Waals surface area contributed by atoms with Gasteiger partial charge in [0.15, 0.2) is 5.78 Å². The molecule has 3 heteroatoms. The van der Waals surface area contributed by atoms with Crippen molar-refractivity contribution in [2.24, 2.45) is 0 Å². The summed E-state index contributed by atoms with van der Waals surface area (Å²) in [6, 6.07) is 0. The zero-order valence-electron chi connectivity index (χ0n) is 6.04. The molecule has 0 aromatic rings. The lowest BCUT2D eigenvalue weighted by atomic mass is 10.1. The molecule has 0 amide bonds. The first-order chi connectivity index (χ1) is 5.36. The third-order valence-corrected chi connectivity index (χ3v) is 1.77. The maximum atomic E-state index is 10.9. The summed E-state index contributed by atoms with van der Waals surface area (Å²) in [5.41, 5.74) is 0.892. The molecule has 11 heavy (non-hydrogen) atoms. The van der Waals surface area contributed by atoms with Crippen LogP contribution in [0.5, 0.6) is 0 Å². The molecule has 2 rings (SSSR count). The van der Waals surface area contributed by atoms with Crippen LogP contribution in [-0.4, -0.2) is 25.0 Å². The quantitative estimate of drug-likeness (QED) is 0.529. The Balaban J connectivity index is 2.21. The Morgan fingerprint density at radius 3 is 3.45 bits per heavy atom. The van der Waals surface area contributed by atoms with E-state index in [4.69, 9.17) is 4.74 Å². The normalized spacial score (nSPS) is 28.9. The second kappa shape index (κ2) is 2.51. The first-order valence-corrected chi connectivity index (χ1v) is 3.65. The molecule has 58 valence electrons. The molecule has 1 aliphatic carbocycles. The van der Waals surface area contributed by atoms with Crippen LogP contribution in [0.15, 0.2) is 23.9 Å². The Kier molecular flexibility index (Phi) is 1.51. The van der Waals surface area contributed by atoms with E-state index in [2.05, 4.69) is 5.32 Å². The molecule has 0 bridgehead atoms. The average molecular weight is 151 g/mol. The summed E-state index contributed by atoms with van der Waals surface area (Å²) in [6.45, 7) is 1.50. The van der Waals surface area contributed by atoms with Gasteiger partial charge in [-0.3, -0.25) is 4.79 Å². The van der Waals surface area contributed by atoms with Gasteiger partial charge < -0.3 is 10.1 Å². The van der Waals surface area contributed by atoms with Crippen LogP contribution in [0, 0.1) is 0 Å². The van der Waals surface area contributed by atoms with Crippen molar-refractivity contribution in [1.29, 1.82) is 0 Å². The fourth-order valence-corrected chi connectivity index (χ4v) is 1.25. The van der Waals surface area contributed by atoms with Crippen LogP contribution in [0.3, 0.4) is 0 Å². The summed E-state index contributed by atoms with van der Waals surface area (Å²) in [6.07, 6.45) is 4.90. The molecule has 0 spiro atoms. The molecule has 1 N–H and O–H groups in total. The van der Waals surface area contributed by atoms with Crippen LogP contribution in [0.25, 0.3) is 0 Å². The van der Waals surface area contributed by atoms with Crippen LogP contribution in [0.1, 0.15) is 0 Å². The lowest BCUT2D eigenvalue weighted by molar-refractivity contribution is -0.110. The van der Waals surface area contributed by atoms with Gasteiger partial charge in [0, 0.05) is 18.3 Å². The number of allylic oxidation sites excluding steroid dienone is 2. The van der Waals surface area contributed by atoms with Crippen molar-refractivity contribution in [2.75, 3.05) is 13.2 Å². The van der Waals surface area contributed by atoms with E-state index in [9.17, 15) is 4.79 Å². The fraction of sp³-hybridized carbons (Fsp3) is 0.375. The highest BCUT2D eigenvalue weighted by molar-refractivity contribution is 6.00. The Morgan fingerprint density at radius 1 is 1.64 bits per heavy atom. The van der Waals surface area contributed by atoms with E-state index in [-0.39, 0.29) is 11.9 Å². The number of carbonyl (C=O) groups is 1. The van der Waals surface area contributed by atoms with Gasteiger partial charge in [-0.1, -0.05) is 0 Å². The van der Waals surface area contributed by atoms with E-state index in [0.717, 1.165) is 12.2 Å². The number of ether oxygens (including phenoxy) is 1. The van der Waals surface area contributed by atoms with Gasteiger partial charge in [0.05, 0.1) is 6.61 Å². The summed E-state index contributed by atoms with van der Waals surface area (Å²) in [5.74, 6) is 0.0363. The molecular weight excluding hydrogens is 142 g/mol. The van der Waals surface area contributed by atoms with Crippen LogP contribution < -0.4 is 5.32 Å². The molecule has 1 heterocycles. The second-order valence-electron chi connectivity index (χ2n) is 2.58. The van der Waals surface area contributed by atoms with Crippen molar-refractivity contribution in [3.63, 3.8) is 0 Å². The number of ketones is 1. The SMILES string of the molecule is O=C1C=CC2OCCNC2=C1. The number of morpholine rings is 1. The van der Waals surface area contributed by atoms with Crippen molar-refractivity contribution in [2.45, 2.75) is 6.10 Å². The minimum atomic E-state index is -0.0125. The lowest BCUT2D eigenvalue weighted by Crippen LogP contribution is -2.37. The van der Waals surface area contributed by atoms with Crippen molar-refractivity contribution in [3.05, 3.63) is 23.9 Å². The third-order valence-electron chi connectivity index (χ3n) is 1.77. The summed E-state index contributed by atoms with van der Waals surface area (Å²) in [7, 11) is 0. The van der Waals surface area contributed by atoms with E-state index in [1.807, 2.05) is 0 Å². The summed E-state index contributed by atoms with van der Waals surface area (Å²) < 4.78 is 5.36. The standard InChI is InChI=1S/C8H9NO2/c10-6-1-2-8-7(5-6)9-3-4-11-8/h1-2,5,8-9H,3-4H2. The van der Waals surface area contributed by atoms with E-state index >= 15 is 0 Å². The molecule has 1 fully saturated rings. The largest absolute Gasteiger partial charge is 0.384 e. The van der Waals surface area contributed by atoms with E-state index in [0.29, 0.717) is 6.61 Å². The molecule has 1 saturated heterocycles. The van der Waals surface area contributed by atoms with Crippen LogP contribution >= 0.6 is 0 Å². The van der Waals surface area contributed by atoms with E-state index < -0.39 is 0 Å². The molecule has 0 aromatic heterocycles. The monoisotopic (exact) mass is 151 g/mol. The number of rotatable bonds is 0. The topological polar surface area (TPSA) is 38.3 Å². The molecule has 1 aliphatic heterocycles. The summed E-state index contributed by atoms with van der Waals surface area (Å²) in [4.78, 5) is 10.9. The average Bonchev–Trinajstić information content (AvgIpc) is 2.04. The van der Waals surface area contributed by atoms with Gasteiger partial charge >= 0.3 is 0 Å². The zero-order valence-corrected chi connectivity index (χ0v) is 6.04. The first kappa shape index (κ1) is 6.61. The summed E-state index contributed by atoms with van der Waals surface area (Å²) >= 11 is 0. The first-order valence-electron chi connectivity index (χ1n) is 3.65. The maximum Gasteiger partial charge on any atom is 0.180 e. The van der Waals surface area contributed by atoms with Crippen LogP contribution in [-0.2, 0) is 9.53 Å². The van der Waals surface area contributed by atoms with Gasteiger partial charge in [0.1, 0.15) is 6.10 Å². The van der Waals surface area contributed by atoms with Crippen LogP contribution in [0.2, 0.25) is 0 Å². The van der Waals surface area contributed by atoms with Gasteiger partial charge in [-0.05, 0) is 12.2 Å². The van der Waals surface area contributed by atoms with Gasteiger partial charge in [-0.25, -0.2) is 0 Å². The Bertz CT molecular complexity index is 242.